The molecule has 1 aromatic carbocycles. The number of hydrogen-bond acceptors (Lipinski definition) is 8. The minimum atomic E-state index is -4.66. The van der Waals surface area contributed by atoms with E-state index in [1.807, 2.05) is 11.9 Å². The number of anilines is 1. The molecule has 13 heteroatoms. The van der Waals surface area contributed by atoms with Gasteiger partial charge < -0.3 is 24.5 Å². The van der Waals surface area contributed by atoms with Gasteiger partial charge in [-0.2, -0.15) is 0 Å². The van der Waals surface area contributed by atoms with Gasteiger partial charge in [0.1, 0.15) is 5.75 Å². The highest BCUT2D eigenvalue weighted by Gasteiger charge is 2.58. The van der Waals surface area contributed by atoms with E-state index in [0.717, 1.165) is 5.69 Å². The summed E-state index contributed by atoms with van der Waals surface area (Å²) in [6.07, 6.45) is -4.14. The molecule has 1 aromatic heterocycles. The summed E-state index contributed by atoms with van der Waals surface area (Å²) in [4.78, 5) is 15.2. The standard InChI is InChI=1S/C25H28ClF3N4O5/c1-33-12-18(36-17-3-2-14(26)10-16(17)33)20(35)30-24-6-4-23(5-7-24,11-19(24)34)22-32-31-21(37-22)13-8-15(9-13)38-25(27,28)29/h2-3,10,13,15,18-19,34H,4-9,11-12H2,1H3,(H,30,35)/t13?,15?,18?,19-,23?,24?/m0/s1. The average molecular weight is 557 g/mol. The first-order valence-corrected chi connectivity index (χ1v) is 13.1. The van der Waals surface area contributed by atoms with Crippen LogP contribution in [0.25, 0.3) is 0 Å². The number of hydrogen-bond donors (Lipinski definition) is 2. The van der Waals surface area contributed by atoms with Crippen LogP contribution < -0.4 is 15.0 Å². The van der Waals surface area contributed by atoms with Crippen molar-refractivity contribution >= 4 is 23.2 Å². The third-order valence-electron chi connectivity index (χ3n) is 8.67. The Labute approximate surface area is 221 Å². The molecule has 4 fully saturated rings. The van der Waals surface area contributed by atoms with Gasteiger partial charge in [0.05, 0.1) is 35.4 Å². The SMILES string of the molecule is CN1CC(C(=O)NC23CCC(c4nnc(C5CC(OC(F)(F)F)C5)o4)(CC2)C[C@@H]3O)Oc2ccc(Cl)cc21. The Morgan fingerprint density at radius 2 is 1.97 bits per heavy atom. The molecular weight excluding hydrogens is 529 g/mol. The molecule has 0 saturated heterocycles. The van der Waals surface area contributed by atoms with Crippen molar-refractivity contribution in [2.45, 2.75) is 86.5 Å². The summed E-state index contributed by atoms with van der Waals surface area (Å²) in [7, 11) is 1.87. The van der Waals surface area contributed by atoms with Crippen LogP contribution >= 0.6 is 11.6 Å². The largest absolute Gasteiger partial charge is 0.522 e. The minimum absolute atomic E-state index is 0.169. The highest BCUT2D eigenvalue weighted by atomic mass is 35.5. The van der Waals surface area contributed by atoms with Crippen molar-refractivity contribution in [1.29, 1.82) is 0 Å². The van der Waals surface area contributed by atoms with E-state index in [-0.39, 0.29) is 24.7 Å². The quantitative estimate of drug-likeness (QED) is 0.572. The molecule has 0 spiro atoms. The monoisotopic (exact) mass is 556 g/mol. The van der Waals surface area contributed by atoms with Crippen molar-refractivity contribution in [2.24, 2.45) is 0 Å². The second kappa shape index (κ2) is 8.99. The average Bonchev–Trinajstić information content (AvgIpc) is 3.32. The first kappa shape index (κ1) is 25.7. The molecule has 4 saturated carbocycles. The predicted octanol–water partition coefficient (Wildman–Crippen LogP) is 3.83. The number of aliphatic hydroxyl groups is 1. The zero-order valence-electron chi connectivity index (χ0n) is 20.6. The van der Waals surface area contributed by atoms with Gasteiger partial charge in [-0.15, -0.1) is 23.4 Å². The molecule has 2 aromatic rings. The first-order chi connectivity index (χ1) is 18.0. The maximum absolute atomic E-state index is 13.3. The molecule has 38 heavy (non-hydrogen) atoms. The molecule has 1 unspecified atom stereocenters. The van der Waals surface area contributed by atoms with Gasteiger partial charge in [-0.3, -0.25) is 9.53 Å². The third kappa shape index (κ3) is 4.50. The maximum atomic E-state index is 13.3. The number of benzene rings is 1. The number of aromatic nitrogens is 2. The Bertz CT molecular complexity index is 1230. The summed E-state index contributed by atoms with van der Waals surface area (Å²) in [5, 5.41) is 23.2. The van der Waals surface area contributed by atoms with E-state index >= 15 is 0 Å². The zero-order chi connectivity index (χ0) is 26.9. The van der Waals surface area contributed by atoms with Crippen LogP contribution in [0.15, 0.2) is 22.6 Å². The maximum Gasteiger partial charge on any atom is 0.522 e. The number of likely N-dealkylation sites (N-methyl/N-ethyl adjacent to an activating group) is 1. The fourth-order valence-electron chi connectivity index (χ4n) is 6.34. The zero-order valence-corrected chi connectivity index (χ0v) is 21.4. The number of carbonyl (C=O) groups is 1. The van der Waals surface area contributed by atoms with Crippen LogP contribution in [0.4, 0.5) is 18.9 Å². The molecule has 1 aliphatic heterocycles. The number of halogens is 4. The Hall–Kier alpha value is -2.57. The predicted molar refractivity (Wildman–Crippen MR) is 128 cm³/mol. The Balaban J connectivity index is 1.09. The Morgan fingerprint density at radius 3 is 2.66 bits per heavy atom. The number of carbonyl (C=O) groups excluding carboxylic acids is 1. The third-order valence-corrected chi connectivity index (χ3v) is 8.90. The minimum Gasteiger partial charge on any atom is -0.477 e. The highest BCUT2D eigenvalue weighted by Crippen LogP contribution is 2.54. The van der Waals surface area contributed by atoms with E-state index in [0.29, 0.717) is 61.2 Å². The van der Waals surface area contributed by atoms with Crippen LogP contribution in [0.2, 0.25) is 5.02 Å². The summed E-state index contributed by atoms with van der Waals surface area (Å²) < 4.78 is 53.2. The van der Waals surface area contributed by atoms with Crippen LogP contribution in [-0.4, -0.2) is 65.0 Å². The van der Waals surface area contributed by atoms with E-state index in [4.69, 9.17) is 20.8 Å². The molecule has 206 valence electrons. The summed E-state index contributed by atoms with van der Waals surface area (Å²) in [6, 6.07) is 5.24. The van der Waals surface area contributed by atoms with Crippen molar-refractivity contribution < 1.29 is 37.0 Å². The van der Waals surface area contributed by atoms with Crippen LogP contribution in [0.3, 0.4) is 0 Å². The van der Waals surface area contributed by atoms with E-state index < -0.39 is 35.6 Å². The fourth-order valence-corrected chi connectivity index (χ4v) is 6.51. The number of rotatable bonds is 5. The van der Waals surface area contributed by atoms with Gasteiger partial charge in [0.15, 0.2) is 6.10 Å². The van der Waals surface area contributed by atoms with Gasteiger partial charge in [-0.05, 0) is 63.1 Å². The van der Waals surface area contributed by atoms with Gasteiger partial charge in [-0.1, -0.05) is 11.6 Å². The van der Waals surface area contributed by atoms with Gasteiger partial charge in [0.2, 0.25) is 11.8 Å². The number of fused-ring (bicyclic) bond motifs is 4. The van der Waals surface area contributed by atoms with Gasteiger partial charge in [0, 0.05) is 18.0 Å². The van der Waals surface area contributed by atoms with E-state index in [2.05, 4.69) is 20.3 Å². The summed E-state index contributed by atoms with van der Waals surface area (Å²) in [5.41, 5.74) is -0.494. The van der Waals surface area contributed by atoms with Crippen LogP contribution in [0.1, 0.15) is 62.6 Å². The number of ether oxygens (including phenoxy) is 2. The number of amides is 1. The van der Waals surface area contributed by atoms with E-state index in [9.17, 15) is 23.1 Å². The molecule has 2 N–H and O–H groups in total. The van der Waals surface area contributed by atoms with Crippen LogP contribution in [0, 0.1) is 0 Å². The molecule has 2 bridgehead atoms. The van der Waals surface area contributed by atoms with Gasteiger partial charge in [-0.25, -0.2) is 0 Å². The molecule has 0 radical (unpaired) electrons. The molecule has 7 rings (SSSR count). The first-order valence-electron chi connectivity index (χ1n) is 12.7. The summed E-state index contributed by atoms with van der Waals surface area (Å²) >= 11 is 6.09. The van der Waals surface area contributed by atoms with Crippen molar-refractivity contribution in [3.63, 3.8) is 0 Å². The lowest BCUT2D eigenvalue weighted by atomic mass is 9.55. The second-order valence-corrected chi connectivity index (χ2v) is 11.5. The van der Waals surface area contributed by atoms with Crippen LogP contribution in [-0.2, 0) is 14.9 Å². The van der Waals surface area contributed by atoms with Gasteiger partial charge >= 0.3 is 6.36 Å². The number of nitrogens with one attached hydrogen (secondary N) is 1. The van der Waals surface area contributed by atoms with Crippen LogP contribution in [0.5, 0.6) is 5.75 Å². The molecular formula is C25H28ClF3N4O5. The molecule has 4 aliphatic carbocycles. The Morgan fingerprint density at radius 1 is 1.24 bits per heavy atom. The topological polar surface area (TPSA) is 110 Å². The van der Waals surface area contributed by atoms with Crippen molar-refractivity contribution in [2.75, 3.05) is 18.5 Å². The van der Waals surface area contributed by atoms with Gasteiger partial charge in [0.25, 0.3) is 5.91 Å². The number of aliphatic hydroxyl groups excluding tert-OH is 1. The molecule has 5 aliphatic rings. The fraction of sp³-hybridized carbons (Fsp3) is 0.640. The van der Waals surface area contributed by atoms with E-state index in [1.165, 1.54) is 0 Å². The second-order valence-electron chi connectivity index (χ2n) is 11.0. The lowest BCUT2D eigenvalue weighted by Crippen LogP contribution is -2.67. The number of alkyl halides is 3. The Kier molecular flexibility index (Phi) is 6.08. The van der Waals surface area contributed by atoms with Crippen molar-refractivity contribution in [3.05, 3.63) is 35.0 Å². The highest BCUT2D eigenvalue weighted by molar-refractivity contribution is 6.31. The van der Waals surface area contributed by atoms with Crippen molar-refractivity contribution in [3.8, 4) is 5.75 Å². The number of nitrogens with zero attached hydrogens (tertiary/aromatic N) is 3. The summed E-state index contributed by atoms with van der Waals surface area (Å²) in [5.74, 6) is 0.722. The molecule has 2 heterocycles. The molecule has 2 atom stereocenters. The normalized spacial score (nSPS) is 34.3. The van der Waals surface area contributed by atoms with E-state index in [1.54, 1.807) is 18.2 Å². The summed E-state index contributed by atoms with van der Waals surface area (Å²) in [6.45, 7) is 0.343. The smallest absolute Gasteiger partial charge is 0.477 e. The lowest BCUT2D eigenvalue weighted by molar-refractivity contribution is -0.352. The lowest BCUT2D eigenvalue weighted by Gasteiger charge is -2.55. The van der Waals surface area contributed by atoms with Crippen molar-refractivity contribution in [1.82, 2.24) is 15.5 Å². The molecule has 1 amide bonds. The molecule has 9 nitrogen and oxygen atoms in total.